The quantitative estimate of drug-likeness (QED) is 0.828. The van der Waals surface area contributed by atoms with Gasteiger partial charge in [0, 0.05) is 0 Å². The summed E-state index contributed by atoms with van der Waals surface area (Å²) < 4.78 is 5.13. The fourth-order valence-corrected chi connectivity index (χ4v) is 2.01. The van der Waals surface area contributed by atoms with E-state index in [0.717, 1.165) is 24.2 Å². The Hall–Kier alpha value is -1.51. The molecule has 86 valence electrons. The van der Waals surface area contributed by atoms with E-state index >= 15 is 0 Å². The molecule has 3 heteroatoms. The zero-order valence-electron chi connectivity index (χ0n) is 9.35. The molecule has 0 saturated heterocycles. The lowest BCUT2D eigenvalue weighted by atomic mass is 9.95. The largest absolute Gasteiger partial charge is 0.497 e. The van der Waals surface area contributed by atoms with Crippen LogP contribution in [0.15, 0.2) is 24.3 Å². The van der Waals surface area contributed by atoms with Gasteiger partial charge in [0.15, 0.2) is 0 Å². The predicted molar refractivity (Wildman–Crippen MR) is 60.5 cm³/mol. The van der Waals surface area contributed by atoms with E-state index in [1.54, 1.807) is 7.11 Å². The van der Waals surface area contributed by atoms with E-state index in [0.29, 0.717) is 12.3 Å². The molecule has 1 atom stereocenters. The lowest BCUT2D eigenvalue weighted by Gasteiger charge is -2.11. The average molecular weight is 220 g/mol. The summed E-state index contributed by atoms with van der Waals surface area (Å²) in [6.07, 6.45) is 2.72. The number of carbonyl (C=O) groups is 1. The first kappa shape index (κ1) is 11.0. The molecule has 1 aromatic rings. The van der Waals surface area contributed by atoms with Gasteiger partial charge in [-0.05, 0) is 42.9 Å². The van der Waals surface area contributed by atoms with Gasteiger partial charge in [-0.25, -0.2) is 0 Å². The average Bonchev–Trinajstić information content (AvgIpc) is 3.10. The molecule has 16 heavy (non-hydrogen) atoms. The van der Waals surface area contributed by atoms with Crippen LogP contribution in [0.5, 0.6) is 5.75 Å². The van der Waals surface area contributed by atoms with Crippen LogP contribution in [0.2, 0.25) is 0 Å². The molecule has 0 radical (unpaired) electrons. The monoisotopic (exact) mass is 220 g/mol. The van der Waals surface area contributed by atoms with E-state index in [2.05, 4.69) is 0 Å². The van der Waals surface area contributed by atoms with E-state index < -0.39 is 5.97 Å². The van der Waals surface area contributed by atoms with Gasteiger partial charge in [-0.15, -0.1) is 0 Å². The molecule has 1 fully saturated rings. The zero-order valence-corrected chi connectivity index (χ0v) is 9.35. The van der Waals surface area contributed by atoms with Gasteiger partial charge < -0.3 is 9.84 Å². The molecule has 0 heterocycles. The van der Waals surface area contributed by atoms with Crippen molar-refractivity contribution in [2.45, 2.75) is 19.3 Å². The SMILES string of the molecule is COc1cccc(CC(C(=O)O)C2CC2)c1. The van der Waals surface area contributed by atoms with Crippen molar-refractivity contribution in [1.29, 1.82) is 0 Å². The molecule has 0 bridgehead atoms. The second kappa shape index (κ2) is 4.56. The molecule has 0 amide bonds. The molecule has 1 aliphatic rings. The highest BCUT2D eigenvalue weighted by Gasteiger charge is 2.35. The van der Waals surface area contributed by atoms with Gasteiger partial charge in [-0.3, -0.25) is 4.79 Å². The van der Waals surface area contributed by atoms with Gasteiger partial charge in [-0.1, -0.05) is 12.1 Å². The number of aliphatic carboxylic acids is 1. The highest BCUT2D eigenvalue weighted by atomic mass is 16.5. The zero-order chi connectivity index (χ0) is 11.5. The second-order valence-electron chi connectivity index (χ2n) is 4.34. The predicted octanol–water partition coefficient (Wildman–Crippen LogP) is 2.35. The summed E-state index contributed by atoms with van der Waals surface area (Å²) in [5, 5.41) is 9.14. The third-order valence-corrected chi connectivity index (χ3v) is 3.10. The van der Waals surface area contributed by atoms with Crippen LogP contribution >= 0.6 is 0 Å². The third kappa shape index (κ3) is 2.54. The number of methoxy groups -OCH3 is 1. The minimum Gasteiger partial charge on any atom is -0.497 e. The minimum atomic E-state index is -0.676. The van der Waals surface area contributed by atoms with E-state index in [4.69, 9.17) is 9.84 Å². The lowest BCUT2D eigenvalue weighted by molar-refractivity contribution is -0.142. The maximum absolute atomic E-state index is 11.1. The van der Waals surface area contributed by atoms with E-state index in [9.17, 15) is 4.79 Å². The van der Waals surface area contributed by atoms with Crippen LogP contribution in [-0.4, -0.2) is 18.2 Å². The van der Waals surface area contributed by atoms with Gasteiger partial charge in [0.2, 0.25) is 0 Å². The van der Waals surface area contributed by atoms with Gasteiger partial charge in [-0.2, -0.15) is 0 Å². The Balaban J connectivity index is 2.08. The van der Waals surface area contributed by atoms with Crippen LogP contribution in [0.3, 0.4) is 0 Å². The summed E-state index contributed by atoms with van der Waals surface area (Å²) in [4.78, 5) is 11.1. The molecule has 1 unspecified atom stereocenters. The Labute approximate surface area is 95.0 Å². The molecular weight excluding hydrogens is 204 g/mol. The topological polar surface area (TPSA) is 46.5 Å². The van der Waals surface area contributed by atoms with Crippen molar-refractivity contribution in [3.8, 4) is 5.75 Å². The summed E-state index contributed by atoms with van der Waals surface area (Å²) >= 11 is 0. The van der Waals surface area contributed by atoms with Crippen molar-refractivity contribution in [2.75, 3.05) is 7.11 Å². The van der Waals surface area contributed by atoms with Crippen LogP contribution < -0.4 is 4.74 Å². The fraction of sp³-hybridized carbons (Fsp3) is 0.462. The molecule has 1 saturated carbocycles. The first-order chi connectivity index (χ1) is 7.70. The number of carboxylic acids is 1. The maximum atomic E-state index is 11.1. The van der Waals surface area contributed by atoms with E-state index in [1.807, 2.05) is 24.3 Å². The summed E-state index contributed by atoms with van der Waals surface area (Å²) in [6.45, 7) is 0. The van der Waals surface area contributed by atoms with Crippen LogP contribution in [-0.2, 0) is 11.2 Å². The number of ether oxygens (including phenoxy) is 1. The molecule has 1 N–H and O–H groups in total. The molecule has 0 aromatic heterocycles. The van der Waals surface area contributed by atoms with Crippen LogP contribution in [0, 0.1) is 11.8 Å². The summed E-state index contributed by atoms with van der Waals surface area (Å²) in [5.41, 5.74) is 1.04. The molecule has 0 spiro atoms. The molecule has 1 aliphatic carbocycles. The normalized spacial score (nSPS) is 16.8. The van der Waals surface area contributed by atoms with Crippen molar-refractivity contribution >= 4 is 5.97 Å². The Morgan fingerprint density at radius 2 is 2.31 bits per heavy atom. The van der Waals surface area contributed by atoms with Crippen LogP contribution in [0.4, 0.5) is 0 Å². The van der Waals surface area contributed by atoms with Crippen molar-refractivity contribution in [3.63, 3.8) is 0 Å². The van der Waals surface area contributed by atoms with E-state index in [1.165, 1.54) is 0 Å². The summed E-state index contributed by atoms with van der Waals surface area (Å²) in [5.74, 6) is 0.263. The standard InChI is InChI=1S/C13H16O3/c1-16-11-4-2-3-9(7-11)8-12(13(14)15)10-5-6-10/h2-4,7,10,12H,5-6,8H2,1H3,(H,14,15). The van der Waals surface area contributed by atoms with E-state index in [-0.39, 0.29) is 5.92 Å². The first-order valence-electron chi connectivity index (χ1n) is 5.56. The smallest absolute Gasteiger partial charge is 0.307 e. The van der Waals surface area contributed by atoms with Crippen LogP contribution in [0.25, 0.3) is 0 Å². The highest BCUT2D eigenvalue weighted by Crippen LogP contribution is 2.38. The van der Waals surface area contributed by atoms with Gasteiger partial charge in [0.25, 0.3) is 0 Å². The second-order valence-corrected chi connectivity index (χ2v) is 4.34. The number of benzene rings is 1. The molecule has 0 aliphatic heterocycles. The van der Waals surface area contributed by atoms with Crippen LogP contribution in [0.1, 0.15) is 18.4 Å². The molecular formula is C13H16O3. The molecule has 3 nitrogen and oxygen atoms in total. The molecule has 1 aromatic carbocycles. The number of rotatable bonds is 5. The number of hydrogen-bond acceptors (Lipinski definition) is 2. The van der Waals surface area contributed by atoms with Gasteiger partial charge in [0.1, 0.15) is 5.75 Å². The minimum absolute atomic E-state index is 0.230. The first-order valence-corrected chi connectivity index (χ1v) is 5.56. The van der Waals surface area contributed by atoms with Crippen molar-refractivity contribution in [1.82, 2.24) is 0 Å². The number of hydrogen-bond donors (Lipinski definition) is 1. The Kier molecular flexibility index (Phi) is 3.13. The Morgan fingerprint density at radius 1 is 1.56 bits per heavy atom. The lowest BCUT2D eigenvalue weighted by Crippen LogP contribution is -2.18. The highest BCUT2D eigenvalue weighted by molar-refractivity contribution is 5.71. The maximum Gasteiger partial charge on any atom is 0.307 e. The summed E-state index contributed by atoms with van der Waals surface area (Å²) in [7, 11) is 1.62. The van der Waals surface area contributed by atoms with Crippen molar-refractivity contribution in [3.05, 3.63) is 29.8 Å². The Morgan fingerprint density at radius 3 is 2.88 bits per heavy atom. The number of carboxylic acid groups (broad SMARTS) is 1. The van der Waals surface area contributed by atoms with Crippen molar-refractivity contribution in [2.24, 2.45) is 11.8 Å². The fourth-order valence-electron chi connectivity index (χ4n) is 2.01. The van der Waals surface area contributed by atoms with Crippen molar-refractivity contribution < 1.29 is 14.6 Å². The Bertz CT molecular complexity index is 383. The van der Waals surface area contributed by atoms with Gasteiger partial charge >= 0.3 is 5.97 Å². The summed E-state index contributed by atoms with van der Waals surface area (Å²) in [6, 6.07) is 7.65. The molecule has 2 rings (SSSR count). The van der Waals surface area contributed by atoms with Gasteiger partial charge in [0.05, 0.1) is 13.0 Å². The third-order valence-electron chi connectivity index (χ3n) is 3.10.